The van der Waals surface area contributed by atoms with Crippen molar-refractivity contribution >= 4 is 11.9 Å². The van der Waals surface area contributed by atoms with Gasteiger partial charge in [0.2, 0.25) is 23.3 Å². The molecule has 0 aromatic heterocycles. The van der Waals surface area contributed by atoms with Crippen molar-refractivity contribution in [1.82, 2.24) is 5.32 Å². The lowest BCUT2D eigenvalue weighted by Gasteiger charge is -2.22. The van der Waals surface area contributed by atoms with Crippen molar-refractivity contribution in [2.75, 3.05) is 33.0 Å². The summed E-state index contributed by atoms with van der Waals surface area (Å²) < 4.78 is 67.8. The lowest BCUT2D eigenvalue weighted by molar-refractivity contribution is -0.136. The molecule has 196 valence electrons. The summed E-state index contributed by atoms with van der Waals surface area (Å²) in [5.74, 6) is -9.21. The number of esters is 1. The van der Waals surface area contributed by atoms with Crippen molar-refractivity contribution in [3.8, 4) is 5.75 Å². The Morgan fingerprint density at radius 3 is 2.00 bits per heavy atom. The maximum atomic E-state index is 13.4. The van der Waals surface area contributed by atoms with E-state index in [0.29, 0.717) is 13.0 Å². The summed E-state index contributed by atoms with van der Waals surface area (Å²) in [5.41, 5.74) is 0.170. The van der Waals surface area contributed by atoms with Crippen LogP contribution >= 0.6 is 0 Å². The highest BCUT2D eigenvalue weighted by Gasteiger charge is 2.23. The minimum absolute atomic E-state index is 0.0180. The van der Waals surface area contributed by atoms with Crippen molar-refractivity contribution in [2.45, 2.75) is 60.8 Å². The van der Waals surface area contributed by atoms with Gasteiger partial charge in [0.1, 0.15) is 0 Å². The van der Waals surface area contributed by atoms with Crippen LogP contribution < -0.4 is 10.1 Å². The summed E-state index contributed by atoms with van der Waals surface area (Å²) in [5, 5.41) is 2.78. The summed E-state index contributed by atoms with van der Waals surface area (Å²) >= 11 is 0. The van der Waals surface area contributed by atoms with Gasteiger partial charge in [0.05, 0.1) is 32.8 Å². The Labute approximate surface area is 199 Å². The lowest BCUT2D eigenvalue weighted by atomic mass is 9.84. The van der Waals surface area contributed by atoms with Gasteiger partial charge in [0.15, 0.2) is 11.6 Å². The normalized spacial score (nSPS) is 11.9. The molecule has 34 heavy (non-hydrogen) atoms. The molecule has 0 heterocycles. The average molecular weight is 496 g/mol. The van der Waals surface area contributed by atoms with Crippen molar-refractivity contribution in [3.63, 3.8) is 0 Å². The molecule has 6 nitrogen and oxygen atoms in total. The molecule has 0 spiro atoms. The van der Waals surface area contributed by atoms with Gasteiger partial charge >= 0.3 is 5.97 Å². The van der Waals surface area contributed by atoms with E-state index in [4.69, 9.17) is 9.47 Å². The Balaban J connectivity index is 0.00000529. The van der Waals surface area contributed by atoms with Gasteiger partial charge in [-0.25, -0.2) is 8.78 Å². The smallest absolute Gasteiger partial charge is 0.313 e. The highest BCUT2D eigenvalue weighted by Crippen LogP contribution is 2.27. The predicted octanol–water partition coefficient (Wildman–Crippen LogP) is 5.18. The first kappa shape index (κ1) is 31.8. The Morgan fingerprint density at radius 1 is 0.941 bits per heavy atom. The molecule has 0 fully saturated rings. The summed E-state index contributed by atoms with van der Waals surface area (Å²) in [7, 11) is 0. The monoisotopic (exact) mass is 495 g/mol. The van der Waals surface area contributed by atoms with Crippen LogP contribution in [0.25, 0.3) is 0 Å². The first-order chi connectivity index (χ1) is 15.9. The molecule has 1 amide bonds. The Hall–Kier alpha value is -2.20. The number of nitrogens with one attached hydrogen (secondary N) is 1. The van der Waals surface area contributed by atoms with Crippen molar-refractivity contribution in [3.05, 3.63) is 29.3 Å². The molecule has 1 aromatic rings. The third-order valence-corrected chi connectivity index (χ3v) is 4.17. The van der Waals surface area contributed by atoms with Crippen LogP contribution in [0.5, 0.6) is 5.75 Å². The Bertz CT molecular complexity index is 742. The third-order valence-electron chi connectivity index (χ3n) is 4.17. The van der Waals surface area contributed by atoms with E-state index in [1.54, 1.807) is 0 Å². The van der Waals surface area contributed by atoms with Gasteiger partial charge < -0.3 is 19.5 Å². The predicted molar refractivity (Wildman–Crippen MR) is 120 cm³/mol. The van der Waals surface area contributed by atoms with E-state index < -0.39 is 35.0 Å². The minimum Gasteiger partial charge on any atom is -0.420 e. The fraction of sp³-hybridized carbons (Fsp3) is 0.667. The molecule has 1 N–H and O–H groups in total. The first-order valence-electron chi connectivity index (χ1n) is 11.4. The maximum Gasteiger partial charge on any atom is 0.313 e. The molecule has 1 unspecified atom stereocenters. The van der Waals surface area contributed by atoms with Gasteiger partial charge in [-0.1, -0.05) is 41.5 Å². The molecule has 0 aliphatic rings. The van der Waals surface area contributed by atoms with Crippen LogP contribution in [0, 0.1) is 34.6 Å². The van der Waals surface area contributed by atoms with Crippen molar-refractivity contribution < 1.29 is 41.4 Å². The van der Waals surface area contributed by atoms with Crippen LogP contribution in [0.2, 0.25) is 0 Å². The number of halogens is 4. The number of benzene rings is 1. The van der Waals surface area contributed by atoms with Crippen LogP contribution in [0.4, 0.5) is 17.6 Å². The third kappa shape index (κ3) is 13.5. The summed E-state index contributed by atoms with van der Waals surface area (Å²) in [6, 6.07) is 0.0180. The van der Waals surface area contributed by atoms with E-state index in [0.717, 1.165) is 6.42 Å². The number of amides is 1. The maximum absolute atomic E-state index is 13.4. The second kappa shape index (κ2) is 16.4. The number of hydrogen-bond donors (Lipinski definition) is 1. The van der Waals surface area contributed by atoms with Crippen LogP contribution in [0.1, 0.15) is 60.8 Å². The van der Waals surface area contributed by atoms with Gasteiger partial charge in [0, 0.05) is 19.0 Å². The molecular formula is C24H37F4NO5. The van der Waals surface area contributed by atoms with Gasteiger partial charge in [-0.2, -0.15) is 8.78 Å². The molecule has 0 saturated heterocycles. The zero-order chi connectivity index (χ0) is 26.3. The SMILES string of the molecule is CC.CC(CC(=O)NCCOCCOCCC(=O)Oc1c(F)c(F)cc(F)c1F)CC(C)(C)C. The molecular weight excluding hydrogens is 458 g/mol. The highest BCUT2D eigenvalue weighted by molar-refractivity contribution is 5.76. The second-order valence-electron chi connectivity index (χ2n) is 8.67. The molecule has 0 bridgehead atoms. The largest absolute Gasteiger partial charge is 0.420 e. The van der Waals surface area contributed by atoms with Gasteiger partial charge in [-0.3, -0.25) is 9.59 Å². The zero-order valence-corrected chi connectivity index (χ0v) is 20.9. The van der Waals surface area contributed by atoms with Gasteiger partial charge in [-0.05, 0) is 17.8 Å². The number of ether oxygens (including phenoxy) is 3. The van der Waals surface area contributed by atoms with E-state index in [-0.39, 0.29) is 56.2 Å². The van der Waals surface area contributed by atoms with Crippen molar-refractivity contribution in [1.29, 1.82) is 0 Å². The standard InChI is InChI=1S/C22H31F4NO5.C2H6/c1-14(13-22(2,3)4)11-17(28)27-6-8-31-10-9-30-7-5-18(29)32-21-19(25)15(23)12-16(24)20(21)26;1-2/h12,14H,5-11,13H2,1-4H3,(H,27,28);1-2H3. The quantitative estimate of drug-likeness (QED) is 0.134. The molecule has 0 saturated carbocycles. The number of rotatable bonds is 13. The summed E-state index contributed by atoms with van der Waals surface area (Å²) in [6.45, 7) is 13.2. The van der Waals surface area contributed by atoms with E-state index in [1.165, 1.54) is 0 Å². The second-order valence-corrected chi connectivity index (χ2v) is 8.67. The average Bonchev–Trinajstić information content (AvgIpc) is 2.74. The minimum atomic E-state index is -1.79. The number of hydrogen-bond acceptors (Lipinski definition) is 5. The summed E-state index contributed by atoms with van der Waals surface area (Å²) in [6.07, 6.45) is 1.01. The van der Waals surface area contributed by atoms with E-state index in [1.807, 2.05) is 20.8 Å². The van der Waals surface area contributed by atoms with Crippen LogP contribution in [-0.2, 0) is 19.1 Å². The summed E-state index contributed by atoms with van der Waals surface area (Å²) in [4.78, 5) is 23.4. The molecule has 0 aliphatic heterocycles. The highest BCUT2D eigenvalue weighted by atomic mass is 19.2. The zero-order valence-electron chi connectivity index (χ0n) is 20.9. The fourth-order valence-electron chi connectivity index (χ4n) is 3.05. The lowest BCUT2D eigenvalue weighted by Crippen LogP contribution is -2.29. The van der Waals surface area contributed by atoms with Gasteiger partial charge in [0.25, 0.3) is 0 Å². The molecule has 1 rings (SSSR count). The molecule has 0 aliphatic carbocycles. The Morgan fingerprint density at radius 2 is 1.47 bits per heavy atom. The molecule has 1 aromatic carbocycles. The van der Waals surface area contributed by atoms with Crippen LogP contribution in [-0.4, -0.2) is 44.8 Å². The van der Waals surface area contributed by atoms with Crippen LogP contribution in [0.3, 0.4) is 0 Å². The Kier molecular flexibility index (Phi) is 15.4. The number of carbonyl (C=O) groups excluding carboxylic acids is 2. The van der Waals surface area contributed by atoms with E-state index in [9.17, 15) is 27.2 Å². The van der Waals surface area contributed by atoms with E-state index in [2.05, 4.69) is 30.8 Å². The van der Waals surface area contributed by atoms with Gasteiger partial charge in [-0.15, -0.1) is 0 Å². The molecule has 10 heteroatoms. The molecule has 1 atom stereocenters. The number of carbonyl (C=O) groups is 2. The van der Waals surface area contributed by atoms with Crippen molar-refractivity contribution in [2.24, 2.45) is 11.3 Å². The van der Waals surface area contributed by atoms with Crippen LogP contribution in [0.15, 0.2) is 6.07 Å². The molecule has 0 radical (unpaired) electrons. The topological polar surface area (TPSA) is 73.9 Å². The van der Waals surface area contributed by atoms with E-state index >= 15 is 0 Å². The fourth-order valence-corrected chi connectivity index (χ4v) is 3.05. The first-order valence-corrected chi connectivity index (χ1v) is 11.4.